The highest BCUT2D eigenvalue weighted by Crippen LogP contribution is 2.23. The molecule has 3 aromatic rings. The van der Waals surface area contributed by atoms with Gasteiger partial charge in [-0.05, 0) is 60.4 Å². The second kappa shape index (κ2) is 9.47. The van der Waals surface area contributed by atoms with Gasteiger partial charge < -0.3 is 16.0 Å². The van der Waals surface area contributed by atoms with Crippen LogP contribution in [0.15, 0.2) is 78.4 Å². The van der Waals surface area contributed by atoms with Gasteiger partial charge >= 0.3 is 0 Å². The summed E-state index contributed by atoms with van der Waals surface area (Å²) in [6, 6.07) is 20.8. The van der Waals surface area contributed by atoms with Gasteiger partial charge in [0.2, 0.25) is 5.91 Å². The standard InChI is InChI=1S/C26H24FN3O2/c27-22-12-13-24(23(28)16-22)29-25(31)20-10-8-19(9-11-20)17-30-14-4-7-21(26(30)32)15-18-5-2-1-3-6-18/h1-3,5-6,8-13,15-16H,4,7,14,17,28H2,(H,29,31)/b21-15+. The van der Waals surface area contributed by atoms with E-state index in [1.807, 2.05) is 53.4 Å². The fourth-order valence-electron chi connectivity index (χ4n) is 3.73. The summed E-state index contributed by atoms with van der Waals surface area (Å²) in [5.74, 6) is -0.746. The number of nitrogens with one attached hydrogen (secondary N) is 1. The summed E-state index contributed by atoms with van der Waals surface area (Å²) in [7, 11) is 0. The number of hydrogen-bond donors (Lipinski definition) is 2. The van der Waals surface area contributed by atoms with E-state index in [-0.39, 0.29) is 17.5 Å². The van der Waals surface area contributed by atoms with Gasteiger partial charge in [-0.2, -0.15) is 0 Å². The molecule has 4 rings (SSSR count). The Kier molecular flexibility index (Phi) is 6.31. The lowest BCUT2D eigenvalue weighted by atomic mass is 10.00. The number of nitrogens with two attached hydrogens (primary N) is 1. The summed E-state index contributed by atoms with van der Waals surface area (Å²) in [5.41, 5.74) is 9.51. The highest BCUT2D eigenvalue weighted by Gasteiger charge is 2.23. The molecule has 2 amide bonds. The van der Waals surface area contributed by atoms with Crippen LogP contribution in [0.3, 0.4) is 0 Å². The maximum Gasteiger partial charge on any atom is 0.255 e. The van der Waals surface area contributed by atoms with Gasteiger partial charge in [-0.25, -0.2) is 4.39 Å². The van der Waals surface area contributed by atoms with Gasteiger partial charge in [-0.1, -0.05) is 42.5 Å². The van der Waals surface area contributed by atoms with E-state index in [9.17, 15) is 14.0 Å². The second-order valence-electron chi connectivity index (χ2n) is 7.79. The van der Waals surface area contributed by atoms with Crippen molar-refractivity contribution in [2.24, 2.45) is 0 Å². The fourth-order valence-corrected chi connectivity index (χ4v) is 3.73. The third-order valence-electron chi connectivity index (χ3n) is 5.43. The summed E-state index contributed by atoms with van der Waals surface area (Å²) in [4.78, 5) is 27.3. The number of amides is 2. The van der Waals surface area contributed by atoms with E-state index in [4.69, 9.17) is 5.73 Å². The lowest BCUT2D eigenvalue weighted by molar-refractivity contribution is -0.129. The molecule has 0 saturated carbocycles. The Hall–Kier alpha value is -3.93. The van der Waals surface area contributed by atoms with Crippen LogP contribution in [0.25, 0.3) is 6.08 Å². The van der Waals surface area contributed by atoms with E-state index in [0.717, 1.165) is 35.6 Å². The molecule has 1 aliphatic heterocycles. The van der Waals surface area contributed by atoms with Crippen LogP contribution in [0.2, 0.25) is 0 Å². The zero-order valence-electron chi connectivity index (χ0n) is 17.6. The Balaban J connectivity index is 1.41. The predicted molar refractivity (Wildman–Crippen MR) is 124 cm³/mol. The highest BCUT2D eigenvalue weighted by molar-refractivity contribution is 6.05. The number of nitrogen functional groups attached to an aromatic ring is 1. The monoisotopic (exact) mass is 429 g/mol. The molecule has 0 aliphatic carbocycles. The third kappa shape index (κ3) is 5.03. The first kappa shape index (κ1) is 21.3. The van der Waals surface area contributed by atoms with Gasteiger partial charge in [-0.3, -0.25) is 9.59 Å². The van der Waals surface area contributed by atoms with Crippen LogP contribution < -0.4 is 11.1 Å². The molecule has 1 aliphatic rings. The molecule has 0 aromatic heterocycles. The molecule has 162 valence electrons. The smallest absolute Gasteiger partial charge is 0.255 e. The number of anilines is 2. The summed E-state index contributed by atoms with van der Waals surface area (Å²) in [5, 5.41) is 2.69. The Morgan fingerprint density at radius 3 is 2.53 bits per heavy atom. The molecule has 32 heavy (non-hydrogen) atoms. The lowest BCUT2D eigenvalue weighted by Gasteiger charge is -2.28. The molecule has 0 bridgehead atoms. The number of carbonyl (C=O) groups excluding carboxylic acids is 2. The molecule has 0 atom stereocenters. The number of likely N-dealkylation sites (tertiary alicyclic amines) is 1. The van der Waals surface area contributed by atoms with Crippen molar-refractivity contribution in [1.29, 1.82) is 0 Å². The zero-order chi connectivity index (χ0) is 22.5. The molecule has 1 saturated heterocycles. The highest BCUT2D eigenvalue weighted by atomic mass is 19.1. The van der Waals surface area contributed by atoms with Crippen molar-refractivity contribution in [3.63, 3.8) is 0 Å². The Morgan fingerprint density at radius 1 is 1.06 bits per heavy atom. The number of piperidine rings is 1. The molecule has 1 heterocycles. The van der Waals surface area contributed by atoms with Gasteiger partial charge in [-0.15, -0.1) is 0 Å². The Labute approximate surface area is 186 Å². The topological polar surface area (TPSA) is 75.4 Å². The van der Waals surface area contributed by atoms with Crippen molar-refractivity contribution in [2.45, 2.75) is 19.4 Å². The average Bonchev–Trinajstić information content (AvgIpc) is 2.79. The Bertz CT molecular complexity index is 1160. The van der Waals surface area contributed by atoms with E-state index in [1.165, 1.54) is 12.1 Å². The van der Waals surface area contributed by atoms with Crippen molar-refractivity contribution in [3.05, 3.63) is 101 Å². The van der Waals surface area contributed by atoms with Crippen LogP contribution in [-0.2, 0) is 11.3 Å². The SMILES string of the molecule is Nc1cc(F)ccc1NC(=O)c1ccc(CN2CCC/C(=C\c3ccccc3)C2=O)cc1. The molecule has 0 spiro atoms. The number of halogens is 1. The van der Waals surface area contributed by atoms with Crippen LogP contribution >= 0.6 is 0 Å². The van der Waals surface area contributed by atoms with Crippen LogP contribution in [0.5, 0.6) is 0 Å². The van der Waals surface area contributed by atoms with E-state index >= 15 is 0 Å². The molecular weight excluding hydrogens is 405 g/mol. The zero-order valence-corrected chi connectivity index (χ0v) is 17.6. The van der Waals surface area contributed by atoms with Crippen LogP contribution in [0.1, 0.15) is 34.3 Å². The number of rotatable bonds is 5. The number of benzene rings is 3. The summed E-state index contributed by atoms with van der Waals surface area (Å²) < 4.78 is 13.2. The normalized spacial score (nSPS) is 15.1. The van der Waals surface area contributed by atoms with Gasteiger partial charge in [0.25, 0.3) is 5.91 Å². The maximum absolute atomic E-state index is 13.2. The van der Waals surface area contributed by atoms with E-state index in [2.05, 4.69) is 5.32 Å². The molecule has 3 aromatic carbocycles. The molecule has 5 nitrogen and oxygen atoms in total. The minimum Gasteiger partial charge on any atom is -0.397 e. The lowest BCUT2D eigenvalue weighted by Crippen LogP contribution is -2.36. The first-order valence-electron chi connectivity index (χ1n) is 10.5. The first-order valence-corrected chi connectivity index (χ1v) is 10.5. The van der Waals surface area contributed by atoms with E-state index < -0.39 is 5.82 Å². The number of hydrogen-bond acceptors (Lipinski definition) is 3. The molecule has 0 unspecified atom stereocenters. The van der Waals surface area contributed by atoms with E-state index in [1.54, 1.807) is 12.1 Å². The molecule has 1 fully saturated rings. The molecule has 0 radical (unpaired) electrons. The average molecular weight is 429 g/mol. The summed E-state index contributed by atoms with van der Waals surface area (Å²) in [6.07, 6.45) is 3.66. The van der Waals surface area contributed by atoms with E-state index in [0.29, 0.717) is 24.3 Å². The van der Waals surface area contributed by atoms with Crippen LogP contribution in [0.4, 0.5) is 15.8 Å². The Morgan fingerprint density at radius 2 is 1.81 bits per heavy atom. The van der Waals surface area contributed by atoms with Gasteiger partial charge in [0.15, 0.2) is 0 Å². The van der Waals surface area contributed by atoms with Crippen molar-refractivity contribution in [3.8, 4) is 0 Å². The number of nitrogens with zero attached hydrogens (tertiary/aromatic N) is 1. The van der Waals surface area contributed by atoms with Crippen molar-refractivity contribution >= 4 is 29.3 Å². The van der Waals surface area contributed by atoms with Gasteiger partial charge in [0.1, 0.15) is 5.82 Å². The quantitative estimate of drug-likeness (QED) is 0.449. The largest absolute Gasteiger partial charge is 0.397 e. The maximum atomic E-state index is 13.2. The summed E-state index contributed by atoms with van der Waals surface area (Å²) in [6.45, 7) is 1.19. The predicted octanol–water partition coefficient (Wildman–Crippen LogP) is 4.87. The summed E-state index contributed by atoms with van der Waals surface area (Å²) >= 11 is 0. The van der Waals surface area contributed by atoms with Crippen molar-refractivity contribution in [2.75, 3.05) is 17.6 Å². The minimum atomic E-state index is -0.459. The molecule has 3 N–H and O–H groups in total. The van der Waals surface area contributed by atoms with Crippen LogP contribution in [0, 0.1) is 5.82 Å². The van der Waals surface area contributed by atoms with Crippen molar-refractivity contribution < 1.29 is 14.0 Å². The molecular formula is C26H24FN3O2. The second-order valence-corrected chi connectivity index (χ2v) is 7.79. The first-order chi connectivity index (χ1) is 15.5. The third-order valence-corrected chi connectivity index (χ3v) is 5.43. The fraction of sp³-hybridized carbons (Fsp3) is 0.154. The molecule has 6 heteroatoms. The van der Waals surface area contributed by atoms with Gasteiger partial charge in [0, 0.05) is 24.2 Å². The van der Waals surface area contributed by atoms with Crippen molar-refractivity contribution in [1.82, 2.24) is 4.90 Å². The minimum absolute atomic E-state index is 0.0497. The van der Waals surface area contributed by atoms with Crippen LogP contribution in [-0.4, -0.2) is 23.3 Å². The van der Waals surface area contributed by atoms with Gasteiger partial charge in [0.05, 0.1) is 11.4 Å². The number of carbonyl (C=O) groups is 2.